The summed E-state index contributed by atoms with van der Waals surface area (Å²) in [5, 5.41) is 21.3. The van der Waals surface area contributed by atoms with Crippen molar-refractivity contribution in [1.82, 2.24) is 25.5 Å². The van der Waals surface area contributed by atoms with Crippen LogP contribution in [0.25, 0.3) is 11.0 Å². The van der Waals surface area contributed by atoms with Gasteiger partial charge in [0.2, 0.25) is 6.41 Å². The zero-order valence-corrected chi connectivity index (χ0v) is 20.5. The molecule has 1 amide bonds. The number of fused-ring (bicyclic) bond motifs is 1. The first-order valence-electron chi connectivity index (χ1n) is 11.3. The average Bonchev–Trinajstić information content (AvgIpc) is 3.33. The van der Waals surface area contributed by atoms with E-state index in [0.717, 1.165) is 28.4 Å². The highest BCUT2D eigenvalue weighted by molar-refractivity contribution is 6.30. The van der Waals surface area contributed by atoms with Gasteiger partial charge in [-0.1, -0.05) is 35.9 Å². The van der Waals surface area contributed by atoms with Gasteiger partial charge in [-0.2, -0.15) is 5.10 Å². The predicted octanol–water partition coefficient (Wildman–Crippen LogP) is 5.36. The van der Waals surface area contributed by atoms with Crippen molar-refractivity contribution in [3.05, 3.63) is 89.7 Å². The lowest BCUT2D eigenvalue weighted by Crippen LogP contribution is -2.26. The number of benzene rings is 3. The van der Waals surface area contributed by atoms with E-state index in [0.29, 0.717) is 34.1 Å². The van der Waals surface area contributed by atoms with Gasteiger partial charge in [-0.3, -0.25) is 9.89 Å². The van der Waals surface area contributed by atoms with Gasteiger partial charge in [0.1, 0.15) is 35.3 Å². The van der Waals surface area contributed by atoms with Gasteiger partial charge in [-0.05, 0) is 48.0 Å². The van der Waals surface area contributed by atoms with Gasteiger partial charge < -0.3 is 26.0 Å². The molecule has 2 heterocycles. The first kappa shape index (κ1) is 23.9. The molecule has 0 aliphatic carbocycles. The van der Waals surface area contributed by atoms with Crippen LogP contribution in [0.5, 0.6) is 5.75 Å². The molecule has 37 heavy (non-hydrogen) atoms. The first-order chi connectivity index (χ1) is 18.1. The minimum Gasteiger partial charge on any atom is -0.497 e. The molecule has 0 spiro atoms. The van der Waals surface area contributed by atoms with Crippen molar-refractivity contribution in [2.75, 3.05) is 23.1 Å². The topological polar surface area (TPSA) is 129 Å². The molecule has 1 unspecified atom stereocenters. The van der Waals surface area contributed by atoms with Crippen LogP contribution in [-0.2, 0) is 4.79 Å². The minimum atomic E-state index is -0.437. The molecule has 0 saturated heterocycles. The molecule has 11 heteroatoms. The molecule has 5 aromatic rings. The number of anilines is 5. The summed E-state index contributed by atoms with van der Waals surface area (Å²) in [6, 6.07) is 22.5. The molecule has 5 rings (SSSR count). The highest BCUT2D eigenvalue weighted by atomic mass is 35.5. The molecule has 0 saturated carbocycles. The van der Waals surface area contributed by atoms with Crippen molar-refractivity contribution in [2.45, 2.75) is 6.17 Å². The van der Waals surface area contributed by atoms with E-state index in [4.69, 9.17) is 16.3 Å². The Hall–Kier alpha value is -4.83. The summed E-state index contributed by atoms with van der Waals surface area (Å²) in [7, 11) is 1.61. The first-order valence-corrected chi connectivity index (χ1v) is 11.7. The molecule has 0 fully saturated rings. The number of nitrogens with zero attached hydrogens (tertiary/aromatic N) is 3. The maximum Gasteiger partial charge on any atom is 0.208 e. The van der Waals surface area contributed by atoms with E-state index in [9.17, 15) is 4.79 Å². The van der Waals surface area contributed by atoms with Crippen LogP contribution in [0.4, 0.5) is 28.7 Å². The number of ether oxygens (including phenoxy) is 1. The summed E-state index contributed by atoms with van der Waals surface area (Å²) in [6.07, 6.45) is 1.67. The Morgan fingerprint density at radius 2 is 1.76 bits per heavy atom. The van der Waals surface area contributed by atoms with Crippen LogP contribution in [0.1, 0.15) is 11.7 Å². The Morgan fingerprint density at radius 1 is 0.946 bits per heavy atom. The quantitative estimate of drug-likeness (QED) is 0.124. The van der Waals surface area contributed by atoms with Gasteiger partial charge in [-0.25, -0.2) is 9.97 Å². The number of hydrogen-bond donors (Lipinski definition) is 5. The van der Waals surface area contributed by atoms with Crippen molar-refractivity contribution in [3.63, 3.8) is 0 Å². The van der Waals surface area contributed by atoms with Crippen LogP contribution >= 0.6 is 11.6 Å². The van der Waals surface area contributed by atoms with E-state index in [1.54, 1.807) is 13.2 Å². The molecule has 5 N–H and O–H groups in total. The fourth-order valence-electron chi connectivity index (χ4n) is 3.82. The van der Waals surface area contributed by atoms with Crippen molar-refractivity contribution in [3.8, 4) is 5.75 Å². The van der Waals surface area contributed by atoms with Gasteiger partial charge in [0.25, 0.3) is 0 Å². The Balaban J connectivity index is 1.36. The number of carbonyl (C=O) groups excluding carboxylic acids is 1. The second kappa shape index (κ2) is 10.8. The standard InChI is InChI=1S/C26H23ClN8O2/c1-37-21-7-3-6-20(13-21)32-23(30-15-36)16-8-10-18(11-9-16)31-26-22-24(28-14-29-25(22)34-35-26)33-19-5-2-4-17(27)12-19/h2-15,23,32H,1H3,(H,30,36)(H3,28,29,31,33,34,35). The lowest BCUT2D eigenvalue weighted by Gasteiger charge is -2.20. The van der Waals surface area contributed by atoms with Crippen molar-refractivity contribution in [1.29, 1.82) is 0 Å². The summed E-state index contributed by atoms with van der Waals surface area (Å²) in [6.45, 7) is 0. The Kier molecular flexibility index (Phi) is 7.00. The molecular weight excluding hydrogens is 492 g/mol. The predicted molar refractivity (Wildman–Crippen MR) is 145 cm³/mol. The van der Waals surface area contributed by atoms with Crippen molar-refractivity contribution in [2.24, 2.45) is 0 Å². The molecule has 1 atom stereocenters. The Morgan fingerprint density at radius 3 is 2.54 bits per heavy atom. The summed E-state index contributed by atoms with van der Waals surface area (Å²) < 4.78 is 5.28. The fraction of sp³-hybridized carbons (Fsp3) is 0.0769. The molecule has 3 aromatic carbocycles. The van der Waals surface area contributed by atoms with Gasteiger partial charge in [-0.15, -0.1) is 0 Å². The molecule has 0 aliphatic heterocycles. The second-order valence-electron chi connectivity index (χ2n) is 8.00. The lowest BCUT2D eigenvalue weighted by atomic mass is 10.1. The summed E-state index contributed by atoms with van der Waals surface area (Å²) in [4.78, 5) is 19.9. The van der Waals surface area contributed by atoms with E-state index < -0.39 is 6.17 Å². The van der Waals surface area contributed by atoms with E-state index in [1.165, 1.54) is 6.33 Å². The summed E-state index contributed by atoms with van der Waals surface area (Å²) >= 11 is 6.12. The number of carbonyl (C=O) groups is 1. The number of halogens is 1. The maximum atomic E-state index is 11.3. The van der Waals surface area contributed by atoms with Gasteiger partial charge in [0.15, 0.2) is 5.65 Å². The fourth-order valence-corrected chi connectivity index (χ4v) is 4.01. The van der Waals surface area contributed by atoms with Crippen LogP contribution in [0.15, 0.2) is 79.1 Å². The van der Waals surface area contributed by atoms with E-state index in [2.05, 4.69) is 41.4 Å². The number of nitrogens with one attached hydrogen (secondary N) is 5. The third kappa shape index (κ3) is 5.54. The molecule has 0 bridgehead atoms. The number of H-pyrrole nitrogens is 1. The van der Waals surface area contributed by atoms with Crippen molar-refractivity contribution >= 4 is 57.7 Å². The van der Waals surface area contributed by atoms with Crippen LogP contribution in [0.3, 0.4) is 0 Å². The van der Waals surface area contributed by atoms with Gasteiger partial charge in [0, 0.05) is 28.2 Å². The maximum absolute atomic E-state index is 11.3. The second-order valence-corrected chi connectivity index (χ2v) is 8.43. The minimum absolute atomic E-state index is 0.437. The number of rotatable bonds is 10. The van der Waals surface area contributed by atoms with Gasteiger partial charge >= 0.3 is 0 Å². The summed E-state index contributed by atoms with van der Waals surface area (Å²) in [5.41, 5.74) is 3.78. The van der Waals surface area contributed by atoms with Crippen molar-refractivity contribution < 1.29 is 9.53 Å². The molecule has 0 aliphatic rings. The highest BCUT2D eigenvalue weighted by Crippen LogP contribution is 2.31. The van der Waals surface area contributed by atoms with Gasteiger partial charge in [0.05, 0.1) is 7.11 Å². The Bertz CT molecular complexity index is 1520. The molecule has 2 aromatic heterocycles. The third-order valence-electron chi connectivity index (χ3n) is 5.57. The largest absolute Gasteiger partial charge is 0.497 e. The van der Waals surface area contributed by atoms with Crippen LogP contribution in [-0.4, -0.2) is 33.7 Å². The average molecular weight is 515 g/mol. The number of amides is 1. The number of methoxy groups -OCH3 is 1. The normalized spacial score (nSPS) is 11.5. The van der Waals surface area contributed by atoms with E-state index in [1.807, 2.05) is 66.7 Å². The van der Waals surface area contributed by atoms with E-state index >= 15 is 0 Å². The number of aromatic amines is 1. The monoisotopic (exact) mass is 514 g/mol. The molecule has 186 valence electrons. The SMILES string of the molecule is COc1cccc(NC(NC=O)c2ccc(Nc3[nH]nc4ncnc(Nc5cccc(Cl)c5)c34)cc2)c1. The smallest absolute Gasteiger partial charge is 0.208 e. The number of aromatic nitrogens is 4. The summed E-state index contributed by atoms with van der Waals surface area (Å²) in [5.74, 6) is 1.93. The van der Waals surface area contributed by atoms with Crippen LogP contribution in [0, 0.1) is 0 Å². The Labute approximate surface area is 217 Å². The number of hydrogen-bond acceptors (Lipinski definition) is 8. The third-order valence-corrected chi connectivity index (χ3v) is 5.80. The molecular formula is C26H23ClN8O2. The lowest BCUT2D eigenvalue weighted by molar-refractivity contribution is -0.110. The zero-order chi connectivity index (χ0) is 25.6. The highest BCUT2D eigenvalue weighted by Gasteiger charge is 2.15. The van der Waals surface area contributed by atoms with Crippen LogP contribution in [0.2, 0.25) is 5.02 Å². The zero-order valence-electron chi connectivity index (χ0n) is 19.7. The van der Waals surface area contributed by atoms with E-state index in [-0.39, 0.29) is 0 Å². The van der Waals surface area contributed by atoms with Crippen LogP contribution < -0.4 is 26.0 Å². The molecule has 0 radical (unpaired) electrons. The molecule has 10 nitrogen and oxygen atoms in total.